The molecule has 3 aromatic carbocycles. The first-order valence-corrected chi connectivity index (χ1v) is 14.2. The van der Waals surface area contributed by atoms with Crippen LogP contribution in [0.5, 0.6) is 0 Å². The number of piperazine rings is 1. The summed E-state index contributed by atoms with van der Waals surface area (Å²) in [6, 6.07) is 18.9. The maximum atomic E-state index is 13.4. The Morgan fingerprint density at radius 2 is 1.56 bits per heavy atom. The summed E-state index contributed by atoms with van der Waals surface area (Å²) in [4.78, 5) is 42.9. The monoisotopic (exact) mass is 557 g/mol. The smallest absolute Gasteiger partial charge is 0.321 e. The number of hydrogen-bond donors (Lipinski definition) is 3. The van der Waals surface area contributed by atoms with Gasteiger partial charge in [-0.25, -0.2) is 9.18 Å². The van der Waals surface area contributed by atoms with Crippen molar-refractivity contribution in [2.24, 2.45) is 5.92 Å². The van der Waals surface area contributed by atoms with E-state index in [0.29, 0.717) is 37.4 Å². The van der Waals surface area contributed by atoms with Gasteiger partial charge in [0.1, 0.15) is 5.82 Å². The van der Waals surface area contributed by atoms with Crippen LogP contribution in [0.15, 0.2) is 66.7 Å². The van der Waals surface area contributed by atoms with Crippen LogP contribution < -0.4 is 20.9 Å². The van der Waals surface area contributed by atoms with Gasteiger partial charge in [0.2, 0.25) is 5.91 Å². The van der Waals surface area contributed by atoms with Gasteiger partial charge in [-0.1, -0.05) is 37.1 Å². The molecule has 1 saturated heterocycles. The molecular weight excluding hydrogens is 521 g/mol. The summed E-state index contributed by atoms with van der Waals surface area (Å²) < 4.78 is 13.3. The SMILES string of the molecule is Cc1cccc(NC(=O)N2CCN(c3ccc(NC(=O)C4CCCC4)cc3C(=O)NCc3ccc(F)cc3)CC2)c1. The number of nitrogens with zero attached hydrogens (tertiary/aromatic N) is 2. The van der Waals surface area contributed by atoms with Crippen molar-refractivity contribution in [2.75, 3.05) is 41.7 Å². The van der Waals surface area contributed by atoms with E-state index in [1.165, 1.54) is 12.1 Å². The molecule has 5 rings (SSSR count). The predicted molar refractivity (Wildman–Crippen MR) is 159 cm³/mol. The van der Waals surface area contributed by atoms with E-state index in [9.17, 15) is 18.8 Å². The van der Waals surface area contributed by atoms with Gasteiger partial charge >= 0.3 is 6.03 Å². The Hall–Kier alpha value is -4.40. The first-order chi connectivity index (χ1) is 19.9. The lowest BCUT2D eigenvalue weighted by Gasteiger charge is -2.37. The number of aryl methyl sites for hydroxylation is 1. The second kappa shape index (κ2) is 12.8. The molecular formula is C32H36FN5O3. The summed E-state index contributed by atoms with van der Waals surface area (Å²) in [5, 5.41) is 8.89. The quantitative estimate of drug-likeness (QED) is 0.355. The molecule has 1 heterocycles. The van der Waals surface area contributed by atoms with Crippen molar-refractivity contribution >= 4 is 34.9 Å². The molecule has 0 aromatic heterocycles. The average molecular weight is 558 g/mol. The summed E-state index contributed by atoms with van der Waals surface area (Å²) in [5.41, 5.74) is 4.36. The third kappa shape index (κ3) is 7.22. The van der Waals surface area contributed by atoms with E-state index in [-0.39, 0.29) is 36.1 Å². The minimum absolute atomic E-state index is 0.00412. The molecule has 2 aliphatic rings. The Morgan fingerprint density at radius 1 is 0.854 bits per heavy atom. The van der Waals surface area contributed by atoms with Crippen LogP contribution in [0.3, 0.4) is 0 Å². The highest BCUT2D eigenvalue weighted by Crippen LogP contribution is 2.29. The number of hydrogen-bond acceptors (Lipinski definition) is 4. The number of rotatable bonds is 7. The van der Waals surface area contributed by atoms with E-state index >= 15 is 0 Å². The zero-order chi connectivity index (χ0) is 28.8. The fourth-order valence-electron chi connectivity index (χ4n) is 5.46. The summed E-state index contributed by atoms with van der Waals surface area (Å²) in [7, 11) is 0. The highest BCUT2D eigenvalue weighted by atomic mass is 19.1. The van der Waals surface area contributed by atoms with Crippen molar-refractivity contribution in [3.8, 4) is 0 Å². The molecule has 1 aliphatic carbocycles. The summed E-state index contributed by atoms with van der Waals surface area (Å²) in [5.74, 6) is -0.633. The zero-order valence-corrected chi connectivity index (χ0v) is 23.3. The van der Waals surface area contributed by atoms with Gasteiger partial charge in [0.05, 0.1) is 5.56 Å². The molecule has 0 radical (unpaired) electrons. The third-order valence-electron chi connectivity index (χ3n) is 7.78. The van der Waals surface area contributed by atoms with E-state index in [0.717, 1.165) is 48.2 Å². The van der Waals surface area contributed by atoms with Gasteiger partial charge in [0, 0.05) is 55.7 Å². The minimum atomic E-state index is -0.334. The minimum Gasteiger partial charge on any atom is -0.367 e. The predicted octanol–water partition coefficient (Wildman–Crippen LogP) is 5.55. The Bertz CT molecular complexity index is 1400. The number of urea groups is 1. The van der Waals surface area contributed by atoms with Crippen LogP contribution in [0.25, 0.3) is 0 Å². The maximum absolute atomic E-state index is 13.4. The van der Waals surface area contributed by atoms with E-state index in [2.05, 4.69) is 20.9 Å². The van der Waals surface area contributed by atoms with Crippen LogP contribution in [0, 0.1) is 18.7 Å². The van der Waals surface area contributed by atoms with Crippen LogP contribution in [-0.4, -0.2) is 48.9 Å². The molecule has 4 amide bonds. The molecule has 0 spiro atoms. The van der Waals surface area contributed by atoms with Crippen LogP contribution in [0.4, 0.5) is 26.2 Å². The van der Waals surface area contributed by atoms with Gasteiger partial charge in [-0.2, -0.15) is 0 Å². The number of carbonyl (C=O) groups excluding carboxylic acids is 3. The lowest BCUT2D eigenvalue weighted by atomic mass is 10.1. The molecule has 0 bridgehead atoms. The Labute approximate surface area is 239 Å². The molecule has 3 aromatic rings. The maximum Gasteiger partial charge on any atom is 0.321 e. The molecule has 0 unspecified atom stereocenters. The fourth-order valence-corrected chi connectivity index (χ4v) is 5.46. The van der Waals surface area contributed by atoms with Gasteiger partial charge in [0.15, 0.2) is 0 Å². The van der Waals surface area contributed by atoms with Crippen molar-refractivity contribution in [1.82, 2.24) is 10.2 Å². The van der Waals surface area contributed by atoms with Gasteiger partial charge in [-0.05, 0) is 73.4 Å². The summed E-state index contributed by atoms with van der Waals surface area (Å²) in [6.45, 7) is 4.31. The number of amides is 4. The van der Waals surface area contributed by atoms with Gasteiger partial charge < -0.3 is 25.8 Å². The van der Waals surface area contributed by atoms with Crippen LogP contribution in [0.2, 0.25) is 0 Å². The fraction of sp³-hybridized carbons (Fsp3) is 0.344. The molecule has 2 fully saturated rings. The van der Waals surface area contributed by atoms with E-state index < -0.39 is 0 Å². The largest absolute Gasteiger partial charge is 0.367 e. The van der Waals surface area contributed by atoms with Gasteiger partial charge in [0.25, 0.3) is 5.91 Å². The first kappa shape index (κ1) is 28.1. The number of halogens is 1. The average Bonchev–Trinajstić information content (AvgIpc) is 3.52. The normalized spacial score (nSPS) is 15.5. The third-order valence-corrected chi connectivity index (χ3v) is 7.78. The standard InChI is InChI=1S/C32H36FN5O3/c1-22-5-4-8-26(19-22)36-32(41)38-17-15-37(16-18-38)29-14-13-27(35-30(39)24-6-2-3-7-24)20-28(29)31(40)34-21-23-9-11-25(33)12-10-23/h4-5,8-14,19-20,24H,2-3,6-7,15-18,21H2,1H3,(H,34,40)(H,35,39)(H,36,41). The molecule has 8 nitrogen and oxygen atoms in total. The number of anilines is 3. The van der Waals surface area contributed by atoms with E-state index in [1.807, 2.05) is 43.3 Å². The van der Waals surface area contributed by atoms with Crippen LogP contribution in [-0.2, 0) is 11.3 Å². The zero-order valence-electron chi connectivity index (χ0n) is 23.3. The molecule has 214 valence electrons. The molecule has 9 heteroatoms. The Balaban J connectivity index is 1.29. The van der Waals surface area contributed by atoms with Crippen molar-refractivity contribution in [1.29, 1.82) is 0 Å². The second-order valence-corrected chi connectivity index (χ2v) is 10.8. The highest BCUT2D eigenvalue weighted by Gasteiger charge is 2.26. The first-order valence-electron chi connectivity index (χ1n) is 14.2. The van der Waals surface area contributed by atoms with Gasteiger partial charge in [-0.15, -0.1) is 0 Å². The van der Waals surface area contributed by atoms with E-state index in [1.54, 1.807) is 23.1 Å². The molecule has 0 atom stereocenters. The van der Waals surface area contributed by atoms with E-state index in [4.69, 9.17) is 0 Å². The van der Waals surface area contributed by atoms with Crippen molar-refractivity contribution in [3.05, 3.63) is 89.2 Å². The number of benzene rings is 3. The summed E-state index contributed by atoms with van der Waals surface area (Å²) >= 11 is 0. The summed E-state index contributed by atoms with van der Waals surface area (Å²) in [6.07, 6.45) is 3.89. The molecule has 1 saturated carbocycles. The topological polar surface area (TPSA) is 93.8 Å². The Morgan fingerprint density at radius 3 is 2.27 bits per heavy atom. The molecule has 41 heavy (non-hydrogen) atoms. The lowest BCUT2D eigenvalue weighted by molar-refractivity contribution is -0.119. The van der Waals surface area contributed by atoms with Crippen molar-refractivity contribution < 1.29 is 18.8 Å². The molecule has 3 N–H and O–H groups in total. The Kier molecular flexibility index (Phi) is 8.82. The second-order valence-electron chi connectivity index (χ2n) is 10.8. The highest BCUT2D eigenvalue weighted by molar-refractivity contribution is 6.02. The van der Waals surface area contributed by atoms with Crippen LogP contribution in [0.1, 0.15) is 47.2 Å². The van der Waals surface area contributed by atoms with Crippen molar-refractivity contribution in [2.45, 2.75) is 39.2 Å². The van der Waals surface area contributed by atoms with Crippen molar-refractivity contribution in [3.63, 3.8) is 0 Å². The lowest BCUT2D eigenvalue weighted by Crippen LogP contribution is -2.50. The number of nitrogens with one attached hydrogen (secondary N) is 3. The number of carbonyl (C=O) groups is 3. The van der Waals surface area contributed by atoms with Gasteiger partial charge in [-0.3, -0.25) is 9.59 Å². The van der Waals surface area contributed by atoms with Crippen LogP contribution >= 0.6 is 0 Å². The molecule has 1 aliphatic heterocycles.